The summed E-state index contributed by atoms with van der Waals surface area (Å²) < 4.78 is 27.2. The molecule has 0 amide bonds. The summed E-state index contributed by atoms with van der Waals surface area (Å²) in [7, 11) is -3.62. The summed E-state index contributed by atoms with van der Waals surface area (Å²) in [5, 5.41) is 0.465. The molecule has 0 unspecified atom stereocenters. The zero-order chi connectivity index (χ0) is 14.9. The van der Waals surface area contributed by atoms with E-state index in [4.69, 9.17) is 11.6 Å². The van der Waals surface area contributed by atoms with Crippen molar-refractivity contribution in [3.05, 3.63) is 52.7 Å². The highest BCUT2D eigenvalue weighted by Crippen LogP contribution is 2.25. The number of fused-ring (bicyclic) bond motifs is 1. The molecule has 21 heavy (non-hydrogen) atoms. The SMILES string of the molecule is O=S(=O)(Nc1ccc(Cl)cn1)c1ccc2c(c1)CCCC2. The van der Waals surface area contributed by atoms with Crippen LogP contribution in [0.1, 0.15) is 24.0 Å². The Bertz CT molecular complexity index is 758. The second-order valence-corrected chi connectivity index (χ2v) is 7.22. The van der Waals surface area contributed by atoms with Crippen LogP contribution in [0.25, 0.3) is 0 Å². The molecule has 1 aromatic carbocycles. The van der Waals surface area contributed by atoms with E-state index in [1.165, 1.54) is 24.2 Å². The number of sulfonamides is 1. The van der Waals surface area contributed by atoms with Gasteiger partial charge in [0.05, 0.1) is 9.92 Å². The molecule has 3 rings (SSSR count). The second-order valence-electron chi connectivity index (χ2n) is 5.10. The first kappa shape index (κ1) is 14.4. The third kappa shape index (κ3) is 3.19. The molecule has 0 atom stereocenters. The van der Waals surface area contributed by atoms with Crippen molar-refractivity contribution in [1.29, 1.82) is 0 Å². The first-order valence-corrected chi connectivity index (χ1v) is 8.67. The van der Waals surface area contributed by atoms with E-state index in [0.717, 1.165) is 24.8 Å². The average Bonchev–Trinajstić information content (AvgIpc) is 2.49. The summed E-state index contributed by atoms with van der Waals surface area (Å²) in [6, 6.07) is 8.48. The Kier molecular flexibility index (Phi) is 3.87. The smallest absolute Gasteiger partial charge is 0.263 e. The summed E-state index contributed by atoms with van der Waals surface area (Å²) in [6.45, 7) is 0. The number of halogens is 1. The summed E-state index contributed by atoms with van der Waals surface area (Å²) in [5.74, 6) is 0.261. The molecule has 1 heterocycles. The zero-order valence-electron chi connectivity index (χ0n) is 11.3. The van der Waals surface area contributed by atoms with E-state index in [1.54, 1.807) is 18.2 Å². The van der Waals surface area contributed by atoms with Crippen molar-refractivity contribution in [3.63, 3.8) is 0 Å². The van der Waals surface area contributed by atoms with Crippen molar-refractivity contribution in [2.24, 2.45) is 0 Å². The van der Waals surface area contributed by atoms with Crippen LogP contribution in [0.3, 0.4) is 0 Å². The Morgan fingerprint density at radius 1 is 1.05 bits per heavy atom. The number of nitrogens with zero attached hydrogens (tertiary/aromatic N) is 1. The van der Waals surface area contributed by atoms with Gasteiger partial charge in [-0.2, -0.15) is 0 Å². The van der Waals surface area contributed by atoms with Gasteiger partial charge in [0.2, 0.25) is 0 Å². The van der Waals surface area contributed by atoms with E-state index < -0.39 is 10.0 Å². The van der Waals surface area contributed by atoms with Crippen LogP contribution in [0.15, 0.2) is 41.4 Å². The molecule has 4 nitrogen and oxygen atoms in total. The number of hydrogen-bond acceptors (Lipinski definition) is 3. The van der Waals surface area contributed by atoms with Crippen molar-refractivity contribution in [3.8, 4) is 0 Å². The summed E-state index contributed by atoms with van der Waals surface area (Å²) in [6.07, 6.45) is 5.67. The molecule has 0 radical (unpaired) electrons. The molecule has 0 saturated carbocycles. The van der Waals surface area contributed by atoms with Gasteiger partial charge in [0.15, 0.2) is 0 Å². The standard InChI is InChI=1S/C15H15ClN2O2S/c16-13-6-8-15(17-10-13)18-21(19,20)14-7-5-11-3-1-2-4-12(11)9-14/h5-10H,1-4H2,(H,17,18). The molecule has 0 bridgehead atoms. The third-order valence-electron chi connectivity index (χ3n) is 3.60. The number of pyridine rings is 1. The van der Waals surface area contributed by atoms with Crippen molar-refractivity contribution < 1.29 is 8.42 Å². The van der Waals surface area contributed by atoms with E-state index in [0.29, 0.717) is 5.02 Å². The Morgan fingerprint density at radius 3 is 2.52 bits per heavy atom. The van der Waals surface area contributed by atoms with E-state index >= 15 is 0 Å². The first-order chi connectivity index (χ1) is 10.0. The lowest BCUT2D eigenvalue weighted by atomic mass is 9.92. The third-order valence-corrected chi connectivity index (χ3v) is 5.17. The van der Waals surface area contributed by atoms with Crippen LogP contribution in [-0.4, -0.2) is 13.4 Å². The largest absolute Gasteiger partial charge is 0.263 e. The summed E-state index contributed by atoms with van der Waals surface area (Å²) in [4.78, 5) is 4.23. The minimum atomic E-state index is -3.62. The van der Waals surface area contributed by atoms with Gasteiger partial charge in [0.1, 0.15) is 5.82 Å². The lowest BCUT2D eigenvalue weighted by Crippen LogP contribution is -2.15. The molecule has 6 heteroatoms. The molecule has 0 saturated heterocycles. The minimum Gasteiger partial charge on any atom is -0.263 e. The Labute approximate surface area is 129 Å². The fraction of sp³-hybridized carbons (Fsp3) is 0.267. The van der Waals surface area contributed by atoms with Crippen LogP contribution in [0.5, 0.6) is 0 Å². The fourth-order valence-electron chi connectivity index (χ4n) is 2.51. The highest BCUT2D eigenvalue weighted by molar-refractivity contribution is 7.92. The predicted molar refractivity (Wildman–Crippen MR) is 83.1 cm³/mol. The molecular formula is C15H15ClN2O2S. The van der Waals surface area contributed by atoms with E-state index in [2.05, 4.69) is 9.71 Å². The predicted octanol–water partition coefficient (Wildman–Crippen LogP) is 3.41. The van der Waals surface area contributed by atoms with Crippen molar-refractivity contribution in [2.75, 3.05) is 4.72 Å². The minimum absolute atomic E-state index is 0.261. The lowest BCUT2D eigenvalue weighted by molar-refractivity contribution is 0.600. The van der Waals surface area contributed by atoms with Gasteiger partial charge >= 0.3 is 0 Å². The number of anilines is 1. The van der Waals surface area contributed by atoms with Crippen molar-refractivity contribution in [1.82, 2.24) is 4.98 Å². The van der Waals surface area contributed by atoms with Crippen LogP contribution >= 0.6 is 11.6 Å². The van der Waals surface area contributed by atoms with E-state index in [1.807, 2.05) is 6.07 Å². The van der Waals surface area contributed by atoms with Gasteiger partial charge in [-0.05, 0) is 61.1 Å². The Hall–Kier alpha value is -1.59. The molecule has 0 aliphatic heterocycles. The zero-order valence-corrected chi connectivity index (χ0v) is 12.9. The second kappa shape index (κ2) is 5.66. The Morgan fingerprint density at radius 2 is 1.81 bits per heavy atom. The molecule has 110 valence electrons. The molecule has 0 spiro atoms. The van der Waals surface area contributed by atoms with Crippen LogP contribution in [-0.2, 0) is 22.9 Å². The molecular weight excluding hydrogens is 308 g/mol. The van der Waals surface area contributed by atoms with Crippen molar-refractivity contribution in [2.45, 2.75) is 30.6 Å². The maximum Gasteiger partial charge on any atom is 0.263 e. The summed E-state index contributed by atoms with van der Waals surface area (Å²) >= 11 is 5.74. The monoisotopic (exact) mass is 322 g/mol. The Balaban J connectivity index is 1.89. The number of benzene rings is 1. The first-order valence-electron chi connectivity index (χ1n) is 6.81. The number of rotatable bonds is 3. The normalized spacial score (nSPS) is 14.5. The molecule has 2 aromatic rings. The quantitative estimate of drug-likeness (QED) is 0.942. The summed E-state index contributed by atoms with van der Waals surface area (Å²) in [5.41, 5.74) is 2.39. The highest BCUT2D eigenvalue weighted by atomic mass is 35.5. The topological polar surface area (TPSA) is 59.1 Å². The van der Waals surface area contributed by atoms with E-state index in [-0.39, 0.29) is 10.7 Å². The van der Waals surface area contributed by atoms with Crippen LogP contribution in [0, 0.1) is 0 Å². The maximum absolute atomic E-state index is 12.4. The van der Waals surface area contributed by atoms with Gasteiger partial charge in [0.25, 0.3) is 10.0 Å². The lowest BCUT2D eigenvalue weighted by Gasteiger charge is -2.16. The van der Waals surface area contributed by atoms with Gasteiger partial charge in [0, 0.05) is 6.20 Å². The average molecular weight is 323 g/mol. The van der Waals surface area contributed by atoms with Crippen molar-refractivity contribution >= 4 is 27.4 Å². The van der Waals surface area contributed by atoms with Crippen LogP contribution in [0.2, 0.25) is 5.02 Å². The van der Waals surface area contributed by atoms with E-state index in [9.17, 15) is 8.42 Å². The number of aryl methyl sites for hydroxylation is 2. The number of nitrogens with one attached hydrogen (secondary N) is 1. The molecule has 1 aliphatic carbocycles. The fourth-order valence-corrected chi connectivity index (χ4v) is 3.68. The van der Waals surface area contributed by atoms with Gasteiger partial charge in [-0.15, -0.1) is 0 Å². The molecule has 1 aromatic heterocycles. The van der Waals surface area contributed by atoms with Crippen LogP contribution < -0.4 is 4.72 Å². The molecule has 1 aliphatic rings. The molecule has 0 fully saturated rings. The van der Waals surface area contributed by atoms with Gasteiger partial charge in [-0.25, -0.2) is 13.4 Å². The maximum atomic E-state index is 12.4. The number of hydrogen-bond donors (Lipinski definition) is 1. The molecule has 1 N–H and O–H groups in total. The highest BCUT2D eigenvalue weighted by Gasteiger charge is 2.18. The van der Waals surface area contributed by atoms with Gasteiger partial charge < -0.3 is 0 Å². The van der Waals surface area contributed by atoms with Crippen LogP contribution in [0.4, 0.5) is 5.82 Å². The number of aromatic nitrogens is 1. The van der Waals surface area contributed by atoms with Gasteiger partial charge in [-0.1, -0.05) is 17.7 Å². The van der Waals surface area contributed by atoms with Gasteiger partial charge in [-0.3, -0.25) is 4.72 Å².